The quantitative estimate of drug-likeness (QED) is 0.822. The lowest BCUT2D eigenvalue weighted by molar-refractivity contribution is -0.117. The van der Waals surface area contributed by atoms with E-state index in [1.54, 1.807) is 32.4 Å². The zero-order valence-corrected chi connectivity index (χ0v) is 16.3. The Morgan fingerprint density at radius 1 is 1.00 bits per heavy atom. The number of nitrogens with zero attached hydrogens (tertiary/aromatic N) is 2. The third-order valence-corrected chi connectivity index (χ3v) is 4.82. The molecule has 1 aliphatic heterocycles. The number of carbonyl (C=O) groups excluding carboxylic acids is 1. The molecule has 1 aliphatic rings. The van der Waals surface area contributed by atoms with E-state index >= 15 is 0 Å². The van der Waals surface area contributed by atoms with E-state index in [1.807, 2.05) is 24.3 Å². The molecule has 0 radical (unpaired) electrons. The number of halogens is 1. The summed E-state index contributed by atoms with van der Waals surface area (Å²) in [5.74, 6) is 1.23. The van der Waals surface area contributed by atoms with Gasteiger partial charge in [-0.15, -0.1) is 0 Å². The van der Waals surface area contributed by atoms with Crippen molar-refractivity contribution in [1.29, 1.82) is 0 Å². The van der Waals surface area contributed by atoms with Gasteiger partial charge in [-0.2, -0.15) is 0 Å². The van der Waals surface area contributed by atoms with Crippen LogP contribution in [0, 0.1) is 0 Å². The molecule has 0 atom stereocenters. The average Bonchev–Trinajstić information content (AvgIpc) is 2.68. The van der Waals surface area contributed by atoms with Gasteiger partial charge in [0.2, 0.25) is 5.91 Å². The van der Waals surface area contributed by atoms with E-state index in [2.05, 4.69) is 15.1 Å². The first-order valence-electron chi connectivity index (χ1n) is 8.83. The first-order valence-corrected chi connectivity index (χ1v) is 9.21. The van der Waals surface area contributed by atoms with Gasteiger partial charge in [-0.3, -0.25) is 9.69 Å². The minimum absolute atomic E-state index is 0.0507. The molecule has 0 spiro atoms. The van der Waals surface area contributed by atoms with Crippen molar-refractivity contribution in [3.8, 4) is 11.5 Å². The van der Waals surface area contributed by atoms with Crippen LogP contribution in [0.5, 0.6) is 11.5 Å². The summed E-state index contributed by atoms with van der Waals surface area (Å²) in [6, 6.07) is 13.2. The Hall–Kier alpha value is -2.44. The van der Waals surface area contributed by atoms with Gasteiger partial charge >= 0.3 is 0 Å². The number of anilines is 2. The normalized spacial score (nSPS) is 14.7. The molecule has 144 valence electrons. The number of rotatable bonds is 6. The summed E-state index contributed by atoms with van der Waals surface area (Å²) < 4.78 is 10.5. The van der Waals surface area contributed by atoms with E-state index in [9.17, 15) is 4.79 Å². The molecule has 1 fully saturated rings. The molecule has 6 nitrogen and oxygen atoms in total. The summed E-state index contributed by atoms with van der Waals surface area (Å²) in [6.45, 7) is 3.77. The lowest BCUT2D eigenvalue weighted by atomic mass is 10.2. The Morgan fingerprint density at radius 3 is 2.15 bits per heavy atom. The molecule has 27 heavy (non-hydrogen) atoms. The van der Waals surface area contributed by atoms with Crippen LogP contribution in [0.15, 0.2) is 42.5 Å². The van der Waals surface area contributed by atoms with Gasteiger partial charge in [0.15, 0.2) is 0 Å². The highest BCUT2D eigenvalue weighted by atomic mass is 35.5. The van der Waals surface area contributed by atoms with Crippen LogP contribution < -0.4 is 19.7 Å². The SMILES string of the molecule is COc1cc(NC(=O)CN2CCN(c3ccc(Cl)cc3)CC2)cc(OC)c1. The number of methoxy groups -OCH3 is 2. The summed E-state index contributed by atoms with van der Waals surface area (Å²) in [5.41, 5.74) is 1.82. The molecule has 7 heteroatoms. The van der Waals surface area contributed by atoms with Gasteiger partial charge in [0.05, 0.1) is 20.8 Å². The maximum absolute atomic E-state index is 12.4. The molecule has 2 aromatic carbocycles. The second-order valence-corrected chi connectivity index (χ2v) is 6.83. The van der Waals surface area contributed by atoms with Crippen molar-refractivity contribution in [2.24, 2.45) is 0 Å². The van der Waals surface area contributed by atoms with E-state index in [4.69, 9.17) is 21.1 Å². The minimum Gasteiger partial charge on any atom is -0.497 e. The van der Waals surface area contributed by atoms with E-state index in [-0.39, 0.29) is 5.91 Å². The fourth-order valence-electron chi connectivity index (χ4n) is 3.10. The van der Waals surface area contributed by atoms with Crippen molar-refractivity contribution in [2.45, 2.75) is 0 Å². The Balaban J connectivity index is 1.51. The first-order chi connectivity index (χ1) is 13.1. The highest BCUT2D eigenvalue weighted by Crippen LogP contribution is 2.26. The number of hydrogen-bond acceptors (Lipinski definition) is 5. The topological polar surface area (TPSA) is 54.0 Å². The van der Waals surface area contributed by atoms with Crippen LogP contribution in [-0.4, -0.2) is 57.8 Å². The fourth-order valence-corrected chi connectivity index (χ4v) is 3.23. The Kier molecular flexibility index (Phi) is 6.42. The third kappa shape index (κ3) is 5.28. The Bertz CT molecular complexity index is 752. The van der Waals surface area contributed by atoms with Crippen LogP contribution in [-0.2, 0) is 4.79 Å². The number of nitrogens with one attached hydrogen (secondary N) is 1. The standard InChI is InChI=1S/C20H24ClN3O3/c1-26-18-11-16(12-19(13-18)27-2)22-20(25)14-23-7-9-24(10-8-23)17-5-3-15(21)4-6-17/h3-6,11-13H,7-10,14H2,1-2H3,(H,22,25). The zero-order valence-electron chi connectivity index (χ0n) is 15.6. The van der Waals surface area contributed by atoms with E-state index in [0.717, 1.165) is 36.9 Å². The number of carbonyl (C=O) groups is 1. The Morgan fingerprint density at radius 2 is 1.59 bits per heavy atom. The van der Waals surface area contributed by atoms with Crippen molar-refractivity contribution in [1.82, 2.24) is 4.90 Å². The molecule has 0 unspecified atom stereocenters. The lowest BCUT2D eigenvalue weighted by Crippen LogP contribution is -2.48. The van der Waals surface area contributed by atoms with Crippen LogP contribution in [0.3, 0.4) is 0 Å². The lowest BCUT2D eigenvalue weighted by Gasteiger charge is -2.35. The molecule has 1 amide bonds. The minimum atomic E-state index is -0.0507. The van der Waals surface area contributed by atoms with Crippen molar-refractivity contribution < 1.29 is 14.3 Å². The molecule has 2 aromatic rings. The monoisotopic (exact) mass is 389 g/mol. The smallest absolute Gasteiger partial charge is 0.238 e. The fraction of sp³-hybridized carbons (Fsp3) is 0.350. The van der Waals surface area contributed by atoms with E-state index < -0.39 is 0 Å². The second-order valence-electron chi connectivity index (χ2n) is 6.39. The molecule has 1 saturated heterocycles. The van der Waals surface area contributed by atoms with Crippen LogP contribution in [0.1, 0.15) is 0 Å². The third-order valence-electron chi connectivity index (χ3n) is 4.57. The largest absolute Gasteiger partial charge is 0.497 e. The summed E-state index contributed by atoms with van der Waals surface area (Å²) in [7, 11) is 3.17. The molecule has 1 N–H and O–H groups in total. The highest BCUT2D eigenvalue weighted by molar-refractivity contribution is 6.30. The van der Waals surface area contributed by atoms with Crippen molar-refractivity contribution in [2.75, 3.05) is 57.2 Å². The molecule has 0 aromatic heterocycles. The van der Waals surface area contributed by atoms with E-state index in [0.29, 0.717) is 23.7 Å². The van der Waals surface area contributed by atoms with Gasteiger partial charge in [0.1, 0.15) is 11.5 Å². The summed E-state index contributed by atoms with van der Waals surface area (Å²) in [5, 5.41) is 3.66. The molecule has 1 heterocycles. The van der Waals surface area contributed by atoms with Gasteiger partial charge in [-0.05, 0) is 24.3 Å². The average molecular weight is 390 g/mol. The van der Waals surface area contributed by atoms with Gasteiger partial charge in [-0.25, -0.2) is 0 Å². The number of amides is 1. The maximum atomic E-state index is 12.4. The molecular formula is C20H24ClN3O3. The first kappa shape index (κ1) is 19.3. The number of benzene rings is 2. The zero-order chi connectivity index (χ0) is 19.2. The number of piperazine rings is 1. The van der Waals surface area contributed by atoms with Gasteiger partial charge in [0, 0.05) is 60.8 Å². The number of ether oxygens (including phenoxy) is 2. The number of hydrogen-bond donors (Lipinski definition) is 1. The predicted octanol–water partition coefficient (Wildman–Crippen LogP) is 3.12. The maximum Gasteiger partial charge on any atom is 0.238 e. The molecular weight excluding hydrogens is 366 g/mol. The van der Waals surface area contributed by atoms with Crippen molar-refractivity contribution >= 4 is 28.9 Å². The van der Waals surface area contributed by atoms with Gasteiger partial charge in [0.25, 0.3) is 0 Å². The summed E-state index contributed by atoms with van der Waals surface area (Å²) in [4.78, 5) is 16.9. The molecule has 3 rings (SSSR count). The molecule has 0 saturated carbocycles. The van der Waals surface area contributed by atoms with Gasteiger partial charge in [-0.1, -0.05) is 11.6 Å². The van der Waals surface area contributed by atoms with Crippen LogP contribution in [0.25, 0.3) is 0 Å². The van der Waals surface area contributed by atoms with Gasteiger partial charge < -0.3 is 19.7 Å². The van der Waals surface area contributed by atoms with Crippen molar-refractivity contribution in [3.05, 3.63) is 47.5 Å². The predicted molar refractivity (Wildman–Crippen MR) is 108 cm³/mol. The molecule has 0 bridgehead atoms. The Labute approximate surface area is 164 Å². The second kappa shape index (κ2) is 8.97. The van der Waals surface area contributed by atoms with Crippen molar-refractivity contribution in [3.63, 3.8) is 0 Å². The van der Waals surface area contributed by atoms with E-state index in [1.165, 1.54) is 0 Å². The van der Waals surface area contributed by atoms with Crippen LogP contribution >= 0.6 is 11.6 Å². The van der Waals surface area contributed by atoms with Crippen LogP contribution in [0.4, 0.5) is 11.4 Å². The summed E-state index contributed by atoms with van der Waals surface area (Å²) in [6.07, 6.45) is 0. The highest BCUT2D eigenvalue weighted by Gasteiger charge is 2.19. The summed E-state index contributed by atoms with van der Waals surface area (Å²) >= 11 is 5.95. The molecule has 0 aliphatic carbocycles. The van der Waals surface area contributed by atoms with Crippen LogP contribution in [0.2, 0.25) is 5.02 Å².